The first-order valence-corrected chi connectivity index (χ1v) is 11.4. The number of carbonyl (C=O) groups is 2. The van der Waals surface area contributed by atoms with Crippen LogP contribution in [-0.2, 0) is 14.3 Å². The number of H-pyrrole nitrogens is 1. The Morgan fingerprint density at radius 2 is 1.75 bits per heavy atom. The zero-order valence-corrected chi connectivity index (χ0v) is 20.2. The lowest BCUT2D eigenvalue weighted by molar-refractivity contribution is -0.152. The number of aryl methyl sites for hydroxylation is 1. The topological polar surface area (TPSA) is 107 Å². The molecule has 0 spiro atoms. The van der Waals surface area contributed by atoms with Gasteiger partial charge in [-0.3, -0.25) is 0 Å². The van der Waals surface area contributed by atoms with Crippen LogP contribution in [0.25, 0.3) is 6.08 Å². The molecule has 2 aliphatic rings. The first-order valence-electron chi connectivity index (χ1n) is 11.4. The molecule has 7 heteroatoms. The van der Waals surface area contributed by atoms with Crippen molar-refractivity contribution in [2.24, 2.45) is 28.5 Å². The lowest BCUT2D eigenvalue weighted by Gasteiger charge is -2.37. The molecular weight excluding hydrogens is 406 g/mol. The van der Waals surface area contributed by atoms with E-state index in [4.69, 9.17) is 15.2 Å². The van der Waals surface area contributed by atoms with Gasteiger partial charge in [-0.2, -0.15) is 0 Å². The van der Waals surface area contributed by atoms with E-state index in [9.17, 15) is 9.59 Å². The van der Waals surface area contributed by atoms with Crippen LogP contribution in [0.3, 0.4) is 0 Å². The SMILES string of the molecule is CCOC(=O)c1c(C)[nH]c(/C=C2\N=C(N)C(C(=O)OC3C(C)CC(C)CC3C)=C2C)c1C. The summed E-state index contributed by atoms with van der Waals surface area (Å²) in [5.74, 6) is 0.625. The molecule has 2 atom stereocenters. The summed E-state index contributed by atoms with van der Waals surface area (Å²) in [6, 6.07) is 0. The van der Waals surface area contributed by atoms with Crippen LogP contribution in [0.4, 0.5) is 0 Å². The number of nitrogens with zero attached hydrogens (tertiary/aromatic N) is 1. The summed E-state index contributed by atoms with van der Waals surface area (Å²) in [6.45, 7) is 14.1. The quantitative estimate of drug-likeness (QED) is 0.657. The van der Waals surface area contributed by atoms with Crippen molar-refractivity contribution in [1.82, 2.24) is 4.98 Å². The molecule has 1 saturated carbocycles. The van der Waals surface area contributed by atoms with Crippen LogP contribution in [0.1, 0.15) is 74.8 Å². The van der Waals surface area contributed by atoms with E-state index in [0.29, 0.717) is 46.8 Å². The smallest absolute Gasteiger partial charge is 0.342 e. The summed E-state index contributed by atoms with van der Waals surface area (Å²) in [4.78, 5) is 33.0. The molecule has 2 heterocycles. The molecule has 1 aromatic heterocycles. The number of hydrogen-bond acceptors (Lipinski definition) is 6. The van der Waals surface area contributed by atoms with Gasteiger partial charge in [0, 0.05) is 11.4 Å². The van der Waals surface area contributed by atoms with Gasteiger partial charge in [0.2, 0.25) is 0 Å². The Kier molecular flexibility index (Phi) is 6.96. The van der Waals surface area contributed by atoms with E-state index in [2.05, 4.69) is 30.7 Å². The van der Waals surface area contributed by atoms with Gasteiger partial charge in [0.15, 0.2) is 0 Å². The fourth-order valence-electron chi connectivity index (χ4n) is 5.16. The molecule has 1 aliphatic heterocycles. The number of aromatic nitrogens is 1. The van der Waals surface area contributed by atoms with Gasteiger partial charge >= 0.3 is 11.9 Å². The molecule has 3 N–H and O–H groups in total. The third-order valence-corrected chi connectivity index (χ3v) is 6.61. The number of nitrogens with one attached hydrogen (secondary N) is 1. The molecule has 1 aliphatic carbocycles. The molecule has 0 aromatic carbocycles. The number of esters is 2. The standard InChI is InChI=1S/C25H35N3O4/c1-8-31-24(29)20-15(5)18(27-17(20)7)11-19-16(6)21(23(26)28-19)25(30)32-22-13(3)9-12(2)10-14(22)4/h11-14,22,27H,8-10H2,1-7H3,(H2,26,28)/b19-11-. The van der Waals surface area contributed by atoms with E-state index in [1.54, 1.807) is 13.0 Å². The molecule has 1 aromatic rings. The Bertz CT molecular complexity index is 1000. The molecule has 1 fully saturated rings. The normalized spacial score (nSPS) is 27.0. The molecular formula is C25H35N3O4. The third kappa shape index (κ3) is 4.52. The zero-order valence-electron chi connectivity index (χ0n) is 20.2. The highest BCUT2D eigenvalue weighted by Gasteiger charge is 2.36. The van der Waals surface area contributed by atoms with Gasteiger partial charge < -0.3 is 20.2 Å². The van der Waals surface area contributed by atoms with E-state index in [-0.39, 0.29) is 17.9 Å². The monoisotopic (exact) mass is 441 g/mol. The average molecular weight is 442 g/mol. The number of carbonyl (C=O) groups excluding carboxylic acids is 2. The van der Waals surface area contributed by atoms with Gasteiger partial charge in [0.1, 0.15) is 17.5 Å². The minimum Gasteiger partial charge on any atom is -0.462 e. The number of hydrogen-bond donors (Lipinski definition) is 2. The van der Waals surface area contributed by atoms with Crippen LogP contribution in [0.5, 0.6) is 0 Å². The minimum absolute atomic E-state index is 0.125. The predicted molar refractivity (Wildman–Crippen MR) is 125 cm³/mol. The Hall–Kier alpha value is -2.83. The lowest BCUT2D eigenvalue weighted by Crippen LogP contribution is -2.38. The second kappa shape index (κ2) is 9.35. The van der Waals surface area contributed by atoms with Gasteiger partial charge in [0.05, 0.1) is 17.9 Å². The summed E-state index contributed by atoms with van der Waals surface area (Å²) >= 11 is 0. The molecule has 0 amide bonds. The number of allylic oxidation sites excluding steroid dienone is 1. The summed E-state index contributed by atoms with van der Waals surface area (Å²) in [6.07, 6.45) is 3.77. The Balaban J connectivity index is 1.87. The molecule has 32 heavy (non-hydrogen) atoms. The first kappa shape index (κ1) is 23.8. The number of ether oxygens (including phenoxy) is 2. The molecule has 0 radical (unpaired) electrons. The van der Waals surface area contributed by atoms with Crippen LogP contribution < -0.4 is 5.73 Å². The minimum atomic E-state index is -0.419. The highest BCUT2D eigenvalue weighted by molar-refractivity contribution is 6.21. The van der Waals surface area contributed by atoms with Gasteiger partial charge in [-0.05, 0) is 75.5 Å². The molecule has 2 unspecified atom stereocenters. The number of aromatic amines is 1. The van der Waals surface area contributed by atoms with E-state index in [1.807, 2.05) is 20.8 Å². The van der Waals surface area contributed by atoms with Gasteiger partial charge in [-0.25, -0.2) is 14.6 Å². The molecule has 174 valence electrons. The van der Waals surface area contributed by atoms with Crippen molar-refractivity contribution >= 4 is 23.9 Å². The van der Waals surface area contributed by atoms with E-state index >= 15 is 0 Å². The van der Waals surface area contributed by atoms with E-state index < -0.39 is 5.97 Å². The molecule has 0 bridgehead atoms. The largest absolute Gasteiger partial charge is 0.462 e. The van der Waals surface area contributed by atoms with Crippen LogP contribution in [0.15, 0.2) is 21.8 Å². The van der Waals surface area contributed by atoms with Crippen molar-refractivity contribution in [3.05, 3.63) is 39.4 Å². The van der Waals surface area contributed by atoms with Crippen LogP contribution >= 0.6 is 0 Å². The van der Waals surface area contributed by atoms with Gasteiger partial charge in [-0.1, -0.05) is 20.8 Å². The summed E-state index contributed by atoms with van der Waals surface area (Å²) in [7, 11) is 0. The maximum Gasteiger partial charge on any atom is 0.342 e. The zero-order chi connectivity index (χ0) is 23.7. The van der Waals surface area contributed by atoms with Crippen LogP contribution in [0, 0.1) is 31.6 Å². The van der Waals surface area contributed by atoms with E-state index in [0.717, 1.165) is 29.8 Å². The third-order valence-electron chi connectivity index (χ3n) is 6.61. The Morgan fingerprint density at radius 1 is 1.12 bits per heavy atom. The lowest BCUT2D eigenvalue weighted by atomic mass is 9.75. The van der Waals surface area contributed by atoms with Crippen LogP contribution in [0.2, 0.25) is 0 Å². The summed E-state index contributed by atoms with van der Waals surface area (Å²) < 4.78 is 11.1. The van der Waals surface area contributed by atoms with Crippen molar-refractivity contribution < 1.29 is 19.1 Å². The number of nitrogens with two attached hydrogens (primary N) is 1. The van der Waals surface area contributed by atoms with Gasteiger partial charge in [-0.15, -0.1) is 0 Å². The number of rotatable bonds is 5. The Labute approximate surface area is 190 Å². The number of aliphatic imine (C=N–C) groups is 1. The fraction of sp³-hybridized carbons (Fsp3) is 0.560. The van der Waals surface area contributed by atoms with Crippen molar-refractivity contribution in [1.29, 1.82) is 0 Å². The number of amidine groups is 1. The molecule has 7 nitrogen and oxygen atoms in total. The van der Waals surface area contributed by atoms with Crippen molar-refractivity contribution in [3.8, 4) is 0 Å². The van der Waals surface area contributed by atoms with Crippen molar-refractivity contribution in [3.63, 3.8) is 0 Å². The van der Waals surface area contributed by atoms with Crippen molar-refractivity contribution in [2.75, 3.05) is 6.61 Å². The maximum absolute atomic E-state index is 13.1. The molecule has 3 rings (SSSR count). The second-order valence-electron chi connectivity index (χ2n) is 9.31. The predicted octanol–water partition coefficient (Wildman–Crippen LogP) is 4.45. The fourth-order valence-corrected chi connectivity index (χ4v) is 5.16. The summed E-state index contributed by atoms with van der Waals surface area (Å²) in [5.41, 5.74) is 10.4. The average Bonchev–Trinajstić information content (AvgIpc) is 3.13. The van der Waals surface area contributed by atoms with Crippen LogP contribution in [-0.4, -0.2) is 35.5 Å². The molecule has 0 saturated heterocycles. The second-order valence-corrected chi connectivity index (χ2v) is 9.31. The Morgan fingerprint density at radius 3 is 2.34 bits per heavy atom. The summed E-state index contributed by atoms with van der Waals surface area (Å²) in [5, 5.41) is 0. The van der Waals surface area contributed by atoms with E-state index in [1.165, 1.54) is 0 Å². The van der Waals surface area contributed by atoms with Crippen molar-refractivity contribution in [2.45, 2.75) is 67.4 Å². The maximum atomic E-state index is 13.1. The first-order chi connectivity index (χ1) is 15.0. The highest BCUT2D eigenvalue weighted by Crippen LogP contribution is 2.36. The highest BCUT2D eigenvalue weighted by atomic mass is 16.5. The van der Waals surface area contributed by atoms with Gasteiger partial charge in [0.25, 0.3) is 0 Å².